The van der Waals surface area contributed by atoms with E-state index in [1.54, 1.807) is 0 Å². The van der Waals surface area contributed by atoms with Crippen LogP contribution in [0.5, 0.6) is 0 Å². The summed E-state index contributed by atoms with van der Waals surface area (Å²) in [5.74, 6) is 0.0120. The molecule has 172 valence electrons. The molecule has 10 heteroatoms. The van der Waals surface area contributed by atoms with E-state index in [2.05, 4.69) is 14.9 Å². The molecule has 0 radical (unpaired) electrons. The standard InChI is InChI=1S/C22H29FN6O3/c1-14-11-28(12-15(2)32-14)22-24-9-16(10-25-22)18-7-21(29(30)31)20(8-19(18)23)27-6-5-17(13-27)26(3)4/h7-10,14-15,17H,5-6,11-13H2,1-4H3/t14-,15+,17-/m1/s1. The molecule has 0 saturated carbocycles. The van der Waals surface area contributed by atoms with Crippen LogP contribution >= 0.6 is 0 Å². The molecule has 1 aromatic carbocycles. The van der Waals surface area contributed by atoms with E-state index in [4.69, 9.17) is 4.74 Å². The fourth-order valence-electron chi connectivity index (χ4n) is 4.52. The third-order valence-corrected chi connectivity index (χ3v) is 6.15. The average Bonchev–Trinajstić information content (AvgIpc) is 3.23. The van der Waals surface area contributed by atoms with Crippen molar-refractivity contribution in [2.45, 2.75) is 38.5 Å². The summed E-state index contributed by atoms with van der Waals surface area (Å²) in [6.07, 6.45) is 4.04. The normalized spacial score (nSPS) is 23.8. The van der Waals surface area contributed by atoms with E-state index in [1.165, 1.54) is 24.5 Å². The van der Waals surface area contributed by atoms with Gasteiger partial charge in [-0.05, 0) is 34.4 Å². The Morgan fingerprint density at radius 2 is 1.78 bits per heavy atom. The van der Waals surface area contributed by atoms with Gasteiger partial charge < -0.3 is 19.4 Å². The van der Waals surface area contributed by atoms with E-state index >= 15 is 4.39 Å². The van der Waals surface area contributed by atoms with E-state index in [9.17, 15) is 10.1 Å². The van der Waals surface area contributed by atoms with Gasteiger partial charge in [-0.3, -0.25) is 10.1 Å². The number of hydrogen-bond donors (Lipinski definition) is 0. The number of likely N-dealkylation sites (N-methyl/N-ethyl adjacent to an activating group) is 1. The molecular weight excluding hydrogens is 415 g/mol. The molecule has 2 aliphatic heterocycles. The number of hydrogen-bond acceptors (Lipinski definition) is 8. The van der Waals surface area contributed by atoms with Crippen LogP contribution < -0.4 is 9.80 Å². The lowest BCUT2D eigenvalue weighted by Crippen LogP contribution is -2.46. The van der Waals surface area contributed by atoms with Gasteiger partial charge in [0, 0.05) is 67.9 Å². The highest BCUT2D eigenvalue weighted by Crippen LogP contribution is 2.37. The van der Waals surface area contributed by atoms with Gasteiger partial charge in [-0.1, -0.05) is 0 Å². The Morgan fingerprint density at radius 3 is 2.34 bits per heavy atom. The maximum Gasteiger partial charge on any atom is 0.293 e. The SMILES string of the molecule is C[C@@H]1CN(c2ncc(-c3cc([N+](=O)[O-])c(N4CC[C@@H](N(C)C)C4)cc3F)cn2)C[C@H](C)O1. The van der Waals surface area contributed by atoms with Crippen LogP contribution in [0.15, 0.2) is 24.5 Å². The summed E-state index contributed by atoms with van der Waals surface area (Å²) in [7, 11) is 3.96. The number of benzene rings is 1. The van der Waals surface area contributed by atoms with E-state index < -0.39 is 10.7 Å². The molecular formula is C22H29FN6O3. The molecule has 0 aliphatic carbocycles. The number of ether oxygens (including phenoxy) is 1. The van der Waals surface area contributed by atoms with Crippen LogP contribution in [0, 0.1) is 15.9 Å². The lowest BCUT2D eigenvalue weighted by Gasteiger charge is -2.35. The molecule has 0 unspecified atom stereocenters. The zero-order chi connectivity index (χ0) is 23.0. The largest absolute Gasteiger partial charge is 0.372 e. The maximum atomic E-state index is 15.1. The molecule has 3 heterocycles. The topological polar surface area (TPSA) is 87.9 Å². The van der Waals surface area contributed by atoms with Gasteiger partial charge in [-0.25, -0.2) is 14.4 Å². The fourth-order valence-corrected chi connectivity index (χ4v) is 4.52. The quantitative estimate of drug-likeness (QED) is 0.514. The Balaban J connectivity index is 1.61. The number of aromatic nitrogens is 2. The summed E-state index contributed by atoms with van der Waals surface area (Å²) >= 11 is 0. The van der Waals surface area contributed by atoms with Crippen LogP contribution in [-0.4, -0.2) is 78.3 Å². The van der Waals surface area contributed by atoms with Gasteiger partial charge in [0.2, 0.25) is 5.95 Å². The van der Waals surface area contributed by atoms with Crippen molar-refractivity contribution in [2.24, 2.45) is 0 Å². The number of nitro groups is 1. The Morgan fingerprint density at radius 1 is 1.12 bits per heavy atom. The first-order valence-corrected chi connectivity index (χ1v) is 10.8. The van der Waals surface area contributed by atoms with Crippen LogP contribution in [0.2, 0.25) is 0 Å². The van der Waals surface area contributed by atoms with Gasteiger partial charge in [0.25, 0.3) is 5.69 Å². The molecule has 4 rings (SSSR count). The Labute approximate surface area is 187 Å². The Bertz CT molecular complexity index is 976. The second kappa shape index (κ2) is 8.95. The number of nitro benzene ring substituents is 1. The minimum atomic E-state index is -0.524. The van der Waals surface area contributed by atoms with Gasteiger partial charge in [0.1, 0.15) is 11.5 Å². The van der Waals surface area contributed by atoms with E-state index in [1.807, 2.05) is 37.7 Å². The molecule has 9 nitrogen and oxygen atoms in total. The van der Waals surface area contributed by atoms with Crippen LogP contribution in [0.1, 0.15) is 20.3 Å². The molecule has 0 amide bonds. The summed E-state index contributed by atoms with van der Waals surface area (Å²) in [6, 6.07) is 2.85. The lowest BCUT2D eigenvalue weighted by atomic mass is 10.1. The van der Waals surface area contributed by atoms with Gasteiger partial charge in [0.15, 0.2) is 0 Å². The first-order chi connectivity index (χ1) is 15.2. The third kappa shape index (κ3) is 4.51. The highest BCUT2D eigenvalue weighted by molar-refractivity contribution is 5.74. The first-order valence-electron chi connectivity index (χ1n) is 10.8. The fraction of sp³-hybridized carbons (Fsp3) is 0.545. The smallest absolute Gasteiger partial charge is 0.293 e. The average molecular weight is 445 g/mol. The number of morpholine rings is 1. The molecule has 2 aliphatic rings. The van der Waals surface area contributed by atoms with Crippen molar-refractivity contribution < 1.29 is 14.1 Å². The van der Waals surface area contributed by atoms with Crippen molar-refractivity contribution in [3.8, 4) is 11.1 Å². The van der Waals surface area contributed by atoms with E-state index in [0.717, 1.165) is 6.42 Å². The summed E-state index contributed by atoms with van der Waals surface area (Å²) in [6.45, 7) is 6.60. The molecule has 1 aromatic heterocycles. The van der Waals surface area contributed by atoms with Crippen molar-refractivity contribution in [1.29, 1.82) is 0 Å². The van der Waals surface area contributed by atoms with Crippen molar-refractivity contribution in [3.05, 3.63) is 40.5 Å². The van der Waals surface area contributed by atoms with Crippen molar-refractivity contribution in [3.63, 3.8) is 0 Å². The first kappa shape index (κ1) is 22.3. The molecule has 2 aromatic rings. The van der Waals surface area contributed by atoms with E-state index in [0.29, 0.717) is 43.4 Å². The van der Waals surface area contributed by atoms with E-state index in [-0.39, 0.29) is 29.5 Å². The van der Waals surface area contributed by atoms with Gasteiger partial charge >= 0.3 is 0 Å². The van der Waals surface area contributed by atoms with Gasteiger partial charge in [0.05, 0.1) is 17.1 Å². The molecule has 32 heavy (non-hydrogen) atoms. The summed E-state index contributed by atoms with van der Waals surface area (Å²) in [5, 5.41) is 11.8. The molecule has 2 fully saturated rings. The highest BCUT2D eigenvalue weighted by atomic mass is 19.1. The zero-order valence-electron chi connectivity index (χ0n) is 18.9. The Kier molecular flexibility index (Phi) is 6.25. The maximum absolute atomic E-state index is 15.1. The molecule has 0 N–H and O–H groups in total. The third-order valence-electron chi connectivity index (χ3n) is 6.15. The predicted molar refractivity (Wildman–Crippen MR) is 121 cm³/mol. The molecule has 0 spiro atoms. The molecule has 3 atom stereocenters. The minimum Gasteiger partial charge on any atom is -0.372 e. The molecule has 2 saturated heterocycles. The van der Waals surface area contributed by atoms with Gasteiger partial charge in [-0.2, -0.15) is 0 Å². The monoisotopic (exact) mass is 444 g/mol. The van der Waals surface area contributed by atoms with Crippen molar-refractivity contribution in [1.82, 2.24) is 14.9 Å². The Hall–Kier alpha value is -2.85. The minimum absolute atomic E-state index is 0.0624. The predicted octanol–water partition coefficient (Wildman–Crippen LogP) is 2.94. The second-order valence-corrected chi connectivity index (χ2v) is 8.86. The van der Waals surface area contributed by atoms with Crippen LogP contribution in [-0.2, 0) is 4.74 Å². The van der Waals surface area contributed by atoms with Crippen LogP contribution in [0.25, 0.3) is 11.1 Å². The number of rotatable bonds is 5. The number of anilines is 2. The van der Waals surface area contributed by atoms with Crippen LogP contribution in [0.3, 0.4) is 0 Å². The zero-order valence-corrected chi connectivity index (χ0v) is 18.9. The summed E-state index contributed by atoms with van der Waals surface area (Å²) < 4.78 is 20.8. The van der Waals surface area contributed by atoms with Crippen molar-refractivity contribution >= 4 is 17.3 Å². The number of nitrogens with zero attached hydrogens (tertiary/aromatic N) is 6. The lowest BCUT2D eigenvalue weighted by molar-refractivity contribution is -0.384. The van der Waals surface area contributed by atoms with Crippen molar-refractivity contribution in [2.75, 3.05) is 50.1 Å². The van der Waals surface area contributed by atoms with Crippen LogP contribution in [0.4, 0.5) is 21.7 Å². The summed E-state index contributed by atoms with van der Waals surface area (Å²) in [5.41, 5.74) is 0.733. The number of halogens is 1. The second-order valence-electron chi connectivity index (χ2n) is 8.86. The summed E-state index contributed by atoms with van der Waals surface area (Å²) in [4.78, 5) is 26.2. The molecule has 0 bridgehead atoms. The highest BCUT2D eigenvalue weighted by Gasteiger charge is 2.30. The van der Waals surface area contributed by atoms with Gasteiger partial charge in [-0.15, -0.1) is 0 Å².